The van der Waals surface area contributed by atoms with Crippen molar-refractivity contribution in [3.63, 3.8) is 0 Å². The third-order valence-corrected chi connectivity index (χ3v) is 3.59. The van der Waals surface area contributed by atoms with Gasteiger partial charge in [-0.3, -0.25) is 0 Å². The highest BCUT2D eigenvalue weighted by Gasteiger charge is 2.21. The fourth-order valence-electron chi connectivity index (χ4n) is 2.34. The first kappa shape index (κ1) is 11.4. The predicted molar refractivity (Wildman–Crippen MR) is 67.5 cm³/mol. The molecule has 0 aliphatic carbocycles. The summed E-state index contributed by atoms with van der Waals surface area (Å²) < 4.78 is 0. The topological polar surface area (TPSA) is 42.1 Å². The van der Waals surface area contributed by atoms with E-state index in [1.54, 1.807) is 0 Å². The molecule has 1 atom stereocenters. The SMILES string of the molecule is CCC1CCN(c2ccc(CN)c(C)n2)C1. The van der Waals surface area contributed by atoms with E-state index in [1.807, 2.05) is 6.92 Å². The first-order chi connectivity index (χ1) is 7.74. The number of aromatic nitrogens is 1. The van der Waals surface area contributed by atoms with Crippen molar-refractivity contribution in [3.05, 3.63) is 23.4 Å². The summed E-state index contributed by atoms with van der Waals surface area (Å²) in [7, 11) is 0. The lowest BCUT2D eigenvalue weighted by Gasteiger charge is -2.18. The Morgan fingerprint density at radius 1 is 1.50 bits per heavy atom. The standard InChI is InChI=1S/C13H21N3/c1-3-11-6-7-16(9-11)13-5-4-12(8-14)10(2)15-13/h4-5,11H,3,6-9,14H2,1-2H3. The lowest BCUT2D eigenvalue weighted by Crippen LogP contribution is -2.21. The third kappa shape index (κ3) is 2.19. The summed E-state index contributed by atoms with van der Waals surface area (Å²) >= 11 is 0. The molecule has 1 fully saturated rings. The average Bonchev–Trinajstić information content (AvgIpc) is 2.77. The van der Waals surface area contributed by atoms with Gasteiger partial charge in [0.05, 0.1) is 0 Å². The first-order valence-electron chi connectivity index (χ1n) is 6.16. The van der Waals surface area contributed by atoms with Gasteiger partial charge in [0.1, 0.15) is 5.82 Å². The number of pyridine rings is 1. The van der Waals surface area contributed by atoms with Crippen molar-refractivity contribution in [2.24, 2.45) is 11.7 Å². The van der Waals surface area contributed by atoms with Crippen molar-refractivity contribution in [1.29, 1.82) is 0 Å². The van der Waals surface area contributed by atoms with Gasteiger partial charge in [-0.15, -0.1) is 0 Å². The molecule has 3 nitrogen and oxygen atoms in total. The summed E-state index contributed by atoms with van der Waals surface area (Å²) in [4.78, 5) is 7.03. The monoisotopic (exact) mass is 219 g/mol. The average molecular weight is 219 g/mol. The molecule has 0 aromatic carbocycles. The maximum absolute atomic E-state index is 5.64. The number of hydrogen-bond acceptors (Lipinski definition) is 3. The van der Waals surface area contributed by atoms with Crippen molar-refractivity contribution in [2.45, 2.75) is 33.2 Å². The van der Waals surface area contributed by atoms with Gasteiger partial charge in [-0.2, -0.15) is 0 Å². The Hall–Kier alpha value is -1.09. The molecule has 1 saturated heterocycles. The lowest BCUT2D eigenvalue weighted by molar-refractivity contribution is 0.568. The molecule has 1 unspecified atom stereocenters. The Morgan fingerprint density at radius 3 is 2.88 bits per heavy atom. The van der Waals surface area contributed by atoms with E-state index in [2.05, 4.69) is 28.9 Å². The molecule has 1 aromatic rings. The summed E-state index contributed by atoms with van der Waals surface area (Å²) in [6, 6.07) is 4.21. The molecular weight excluding hydrogens is 198 g/mol. The van der Waals surface area contributed by atoms with Crippen LogP contribution in [-0.4, -0.2) is 18.1 Å². The zero-order valence-corrected chi connectivity index (χ0v) is 10.2. The van der Waals surface area contributed by atoms with Crippen molar-refractivity contribution in [2.75, 3.05) is 18.0 Å². The van der Waals surface area contributed by atoms with Crippen LogP contribution < -0.4 is 10.6 Å². The van der Waals surface area contributed by atoms with E-state index in [4.69, 9.17) is 5.73 Å². The number of aryl methyl sites for hydroxylation is 1. The lowest BCUT2D eigenvalue weighted by atomic mass is 10.1. The fraction of sp³-hybridized carbons (Fsp3) is 0.615. The molecule has 0 radical (unpaired) electrons. The molecule has 1 aliphatic rings. The highest BCUT2D eigenvalue weighted by atomic mass is 15.2. The summed E-state index contributed by atoms with van der Waals surface area (Å²) in [6.07, 6.45) is 2.58. The van der Waals surface area contributed by atoms with Crippen LogP contribution in [-0.2, 0) is 6.54 Å². The van der Waals surface area contributed by atoms with Crippen LogP contribution in [0.4, 0.5) is 5.82 Å². The number of anilines is 1. The molecule has 1 aliphatic heterocycles. The van der Waals surface area contributed by atoms with E-state index >= 15 is 0 Å². The maximum atomic E-state index is 5.64. The highest BCUT2D eigenvalue weighted by molar-refractivity contribution is 5.42. The van der Waals surface area contributed by atoms with Crippen LogP contribution in [0.3, 0.4) is 0 Å². The van der Waals surface area contributed by atoms with Crippen molar-refractivity contribution in [3.8, 4) is 0 Å². The van der Waals surface area contributed by atoms with Crippen molar-refractivity contribution in [1.82, 2.24) is 4.98 Å². The number of rotatable bonds is 3. The largest absolute Gasteiger partial charge is 0.356 e. The molecule has 2 heterocycles. The second-order valence-electron chi connectivity index (χ2n) is 4.63. The molecule has 1 aromatic heterocycles. The van der Waals surface area contributed by atoms with Crippen LogP contribution in [0.25, 0.3) is 0 Å². The Bertz CT molecular complexity index is 362. The Labute approximate surface area is 97.7 Å². The molecule has 2 N–H and O–H groups in total. The Balaban J connectivity index is 2.13. The van der Waals surface area contributed by atoms with Gasteiger partial charge in [0.2, 0.25) is 0 Å². The minimum absolute atomic E-state index is 0.580. The van der Waals surface area contributed by atoms with Gasteiger partial charge in [-0.25, -0.2) is 4.98 Å². The second kappa shape index (κ2) is 4.83. The van der Waals surface area contributed by atoms with E-state index in [9.17, 15) is 0 Å². The predicted octanol–water partition coefficient (Wildman–Crippen LogP) is 2.09. The van der Waals surface area contributed by atoms with Crippen LogP contribution in [0.5, 0.6) is 0 Å². The smallest absolute Gasteiger partial charge is 0.128 e. The van der Waals surface area contributed by atoms with E-state index in [0.29, 0.717) is 6.54 Å². The zero-order chi connectivity index (χ0) is 11.5. The van der Waals surface area contributed by atoms with Crippen molar-refractivity contribution >= 4 is 5.82 Å². The quantitative estimate of drug-likeness (QED) is 0.846. The van der Waals surface area contributed by atoms with Gasteiger partial charge in [0.15, 0.2) is 0 Å². The maximum Gasteiger partial charge on any atom is 0.128 e. The van der Waals surface area contributed by atoms with Gasteiger partial charge in [0.25, 0.3) is 0 Å². The minimum atomic E-state index is 0.580. The number of nitrogens with zero attached hydrogens (tertiary/aromatic N) is 2. The molecular formula is C13H21N3. The van der Waals surface area contributed by atoms with Gasteiger partial charge >= 0.3 is 0 Å². The molecule has 0 spiro atoms. The van der Waals surface area contributed by atoms with Crippen LogP contribution in [0, 0.1) is 12.8 Å². The van der Waals surface area contributed by atoms with Gasteiger partial charge in [-0.1, -0.05) is 19.4 Å². The summed E-state index contributed by atoms with van der Waals surface area (Å²) in [5.41, 5.74) is 7.86. The van der Waals surface area contributed by atoms with Crippen LogP contribution in [0.15, 0.2) is 12.1 Å². The molecule has 16 heavy (non-hydrogen) atoms. The highest BCUT2D eigenvalue weighted by Crippen LogP contribution is 2.24. The van der Waals surface area contributed by atoms with E-state index < -0.39 is 0 Å². The summed E-state index contributed by atoms with van der Waals surface area (Å²) in [6.45, 7) is 7.19. The van der Waals surface area contributed by atoms with Crippen LogP contribution >= 0.6 is 0 Å². The van der Waals surface area contributed by atoms with Gasteiger partial charge in [-0.05, 0) is 30.9 Å². The van der Waals surface area contributed by atoms with Gasteiger partial charge in [0, 0.05) is 25.3 Å². The normalized spacial score (nSPS) is 20.4. The molecule has 0 bridgehead atoms. The van der Waals surface area contributed by atoms with Crippen LogP contribution in [0.2, 0.25) is 0 Å². The van der Waals surface area contributed by atoms with E-state index in [1.165, 1.54) is 12.8 Å². The van der Waals surface area contributed by atoms with Crippen LogP contribution in [0.1, 0.15) is 31.0 Å². The van der Waals surface area contributed by atoms with E-state index in [-0.39, 0.29) is 0 Å². The first-order valence-corrected chi connectivity index (χ1v) is 6.16. The Morgan fingerprint density at radius 2 is 2.31 bits per heavy atom. The molecule has 3 heteroatoms. The molecule has 0 amide bonds. The summed E-state index contributed by atoms with van der Waals surface area (Å²) in [5.74, 6) is 1.96. The summed E-state index contributed by atoms with van der Waals surface area (Å²) in [5, 5.41) is 0. The molecule has 2 rings (SSSR count). The van der Waals surface area contributed by atoms with Crippen molar-refractivity contribution < 1.29 is 0 Å². The zero-order valence-electron chi connectivity index (χ0n) is 10.2. The third-order valence-electron chi connectivity index (χ3n) is 3.59. The number of hydrogen-bond donors (Lipinski definition) is 1. The second-order valence-corrected chi connectivity index (χ2v) is 4.63. The number of nitrogens with two attached hydrogens (primary N) is 1. The molecule has 0 saturated carbocycles. The fourth-order valence-corrected chi connectivity index (χ4v) is 2.34. The van der Waals surface area contributed by atoms with E-state index in [0.717, 1.165) is 36.1 Å². The van der Waals surface area contributed by atoms with Gasteiger partial charge < -0.3 is 10.6 Å². The minimum Gasteiger partial charge on any atom is -0.356 e. The molecule has 88 valence electrons. The Kier molecular flexibility index (Phi) is 3.44.